The largest absolute Gasteiger partial charge is 0.310 e. The van der Waals surface area contributed by atoms with Gasteiger partial charge in [0, 0.05) is 12.7 Å². The molecule has 0 aliphatic carbocycles. The lowest BCUT2D eigenvalue weighted by atomic mass is 10.1. The van der Waals surface area contributed by atoms with Crippen molar-refractivity contribution in [2.75, 3.05) is 11.9 Å². The Morgan fingerprint density at radius 3 is 2.47 bits per heavy atom. The molecule has 2 rings (SSSR count). The molecule has 1 heterocycles. The standard InChI is InChI=1S/C14H14ClN3O/c1-9-4-6-12(10(2)8-9)18(3)14(19)11-5-7-13(15)17-16-11/h4-8H,1-3H3. The van der Waals surface area contributed by atoms with Gasteiger partial charge in [0.1, 0.15) is 0 Å². The van der Waals surface area contributed by atoms with E-state index in [1.165, 1.54) is 0 Å². The average molecular weight is 276 g/mol. The fourth-order valence-corrected chi connectivity index (χ4v) is 1.99. The zero-order valence-electron chi connectivity index (χ0n) is 11.0. The van der Waals surface area contributed by atoms with Crippen LogP contribution >= 0.6 is 11.6 Å². The third kappa shape index (κ3) is 2.90. The van der Waals surface area contributed by atoms with E-state index < -0.39 is 0 Å². The number of carbonyl (C=O) groups excluding carboxylic acids is 1. The van der Waals surface area contributed by atoms with Crippen LogP contribution in [-0.2, 0) is 0 Å². The minimum Gasteiger partial charge on any atom is -0.310 e. The Morgan fingerprint density at radius 2 is 1.89 bits per heavy atom. The molecule has 0 aliphatic rings. The Hall–Kier alpha value is -1.94. The molecule has 1 aromatic carbocycles. The summed E-state index contributed by atoms with van der Waals surface area (Å²) in [7, 11) is 1.72. The van der Waals surface area contributed by atoms with Gasteiger partial charge >= 0.3 is 0 Å². The zero-order valence-corrected chi connectivity index (χ0v) is 11.8. The normalized spacial score (nSPS) is 10.3. The summed E-state index contributed by atoms with van der Waals surface area (Å²) in [4.78, 5) is 13.8. The number of anilines is 1. The molecule has 2 aromatic rings. The Bertz CT molecular complexity index is 611. The summed E-state index contributed by atoms with van der Waals surface area (Å²) in [5.74, 6) is -0.212. The fraction of sp³-hybridized carbons (Fsp3) is 0.214. The number of carbonyl (C=O) groups is 1. The SMILES string of the molecule is Cc1ccc(N(C)C(=O)c2ccc(Cl)nn2)c(C)c1. The van der Waals surface area contributed by atoms with Crippen molar-refractivity contribution in [3.05, 3.63) is 52.3 Å². The highest BCUT2D eigenvalue weighted by molar-refractivity contribution is 6.29. The van der Waals surface area contributed by atoms with Crippen LogP contribution in [0.15, 0.2) is 30.3 Å². The molecular weight excluding hydrogens is 262 g/mol. The van der Waals surface area contributed by atoms with E-state index in [0.717, 1.165) is 16.8 Å². The lowest BCUT2D eigenvalue weighted by molar-refractivity contribution is 0.0987. The molecule has 0 unspecified atom stereocenters. The molecule has 98 valence electrons. The Kier molecular flexibility index (Phi) is 3.81. The monoisotopic (exact) mass is 275 g/mol. The lowest BCUT2D eigenvalue weighted by Crippen LogP contribution is -2.28. The Balaban J connectivity index is 2.30. The van der Waals surface area contributed by atoms with Gasteiger partial charge in [-0.05, 0) is 37.6 Å². The summed E-state index contributed by atoms with van der Waals surface area (Å²) in [6, 6.07) is 9.05. The summed E-state index contributed by atoms with van der Waals surface area (Å²) in [6.07, 6.45) is 0. The van der Waals surface area contributed by atoms with Crippen LogP contribution < -0.4 is 4.90 Å². The second-order valence-corrected chi connectivity index (χ2v) is 4.78. The van der Waals surface area contributed by atoms with E-state index in [-0.39, 0.29) is 16.8 Å². The van der Waals surface area contributed by atoms with E-state index in [0.29, 0.717) is 0 Å². The van der Waals surface area contributed by atoms with Crippen LogP contribution in [0.5, 0.6) is 0 Å². The topological polar surface area (TPSA) is 46.1 Å². The number of aryl methyl sites for hydroxylation is 2. The molecule has 0 atom stereocenters. The number of amides is 1. The van der Waals surface area contributed by atoms with E-state index >= 15 is 0 Å². The summed E-state index contributed by atoms with van der Waals surface area (Å²) >= 11 is 5.66. The van der Waals surface area contributed by atoms with Gasteiger partial charge in [-0.3, -0.25) is 4.79 Å². The first-order valence-electron chi connectivity index (χ1n) is 5.83. The summed E-state index contributed by atoms with van der Waals surface area (Å²) < 4.78 is 0. The molecule has 5 heteroatoms. The first-order valence-corrected chi connectivity index (χ1v) is 6.21. The number of hydrogen-bond acceptors (Lipinski definition) is 3. The van der Waals surface area contributed by atoms with Gasteiger partial charge in [-0.15, -0.1) is 10.2 Å². The molecule has 1 aromatic heterocycles. The lowest BCUT2D eigenvalue weighted by Gasteiger charge is -2.19. The molecule has 19 heavy (non-hydrogen) atoms. The second-order valence-electron chi connectivity index (χ2n) is 4.40. The van der Waals surface area contributed by atoms with Crippen molar-refractivity contribution in [1.82, 2.24) is 10.2 Å². The van der Waals surface area contributed by atoms with Crippen LogP contribution in [0.3, 0.4) is 0 Å². The van der Waals surface area contributed by atoms with Crippen LogP contribution in [0, 0.1) is 13.8 Å². The van der Waals surface area contributed by atoms with Gasteiger partial charge < -0.3 is 4.90 Å². The first kappa shape index (κ1) is 13.5. The highest BCUT2D eigenvalue weighted by Crippen LogP contribution is 2.21. The van der Waals surface area contributed by atoms with E-state index in [1.807, 2.05) is 32.0 Å². The molecule has 0 N–H and O–H groups in total. The molecule has 1 amide bonds. The molecule has 0 saturated carbocycles. The van der Waals surface area contributed by atoms with E-state index in [9.17, 15) is 4.79 Å². The maximum atomic E-state index is 12.3. The van der Waals surface area contributed by atoms with Crippen molar-refractivity contribution in [3.63, 3.8) is 0 Å². The van der Waals surface area contributed by atoms with Crippen molar-refractivity contribution in [2.24, 2.45) is 0 Å². The van der Waals surface area contributed by atoms with E-state index in [4.69, 9.17) is 11.6 Å². The smallest absolute Gasteiger partial charge is 0.278 e. The number of hydrogen-bond donors (Lipinski definition) is 0. The van der Waals surface area contributed by atoms with Gasteiger partial charge in [0.25, 0.3) is 5.91 Å². The third-order valence-corrected chi connectivity index (χ3v) is 3.07. The van der Waals surface area contributed by atoms with Crippen molar-refractivity contribution >= 4 is 23.2 Å². The van der Waals surface area contributed by atoms with Crippen LogP contribution in [0.4, 0.5) is 5.69 Å². The van der Waals surface area contributed by atoms with Crippen LogP contribution in [0.1, 0.15) is 21.6 Å². The zero-order chi connectivity index (χ0) is 14.0. The molecule has 0 bridgehead atoms. The molecule has 0 radical (unpaired) electrons. The first-order chi connectivity index (χ1) is 8.99. The van der Waals surface area contributed by atoms with Crippen LogP contribution in [-0.4, -0.2) is 23.2 Å². The molecular formula is C14H14ClN3O. The summed E-state index contributed by atoms with van der Waals surface area (Å²) in [5.41, 5.74) is 3.32. The molecule has 0 spiro atoms. The number of aromatic nitrogens is 2. The average Bonchev–Trinajstić information content (AvgIpc) is 2.38. The predicted molar refractivity (Wildman–Crippen MR) is 75.7 cm³/mol. The maximum absolute atomic E-state index is 12.3. The van der Waals surface area contributed by atoms with E-state index in [2.05, 4.69) is 10.2 Å². The van der Waals surface area contributed by atoms with Crippen LogP contribution in [0.2, 0.25) is 5.15 Å². The second kappa shape index (κ2) is 5.36. The molecule has 0 saturated heterocycles. The van der Waals surface area contributed by atoms with Crippen molar-refractivity contribution in [3.8, 4) is 0 Å². The van der Waals surface area contributed by atoms with Gasteiger partial charge in [-0.1, -0.05) is 29.3 Å². The summed E-state index contributed by atoms with van der Waals surface area (Å²) in [6.45, 7) is 3.99. The molecule has 0 fully saturated rings. The molecule has 0 aliphatic heterocycles. The van der Waals surface area contributed by atoms with E-state index in [1.54, 1.807) is 24.1 Å². The number of nitrogens with zero attached hydrogens (tertiary/aromatic N) is 3. The third-order valence-electron chi connectivity index (χ3n) is 2.87. The highest BCUT2D eigenvalue weighted by Gasteiger charge is 2.16. The Labute approximate surface area is 117 Å². The van der Waals surface area contributed by atoms with Gasteiger partial charge in [-0.25, -0.2) is 0 Å². The van der Waals surface area contributed by atoms with Crippen molar-refractivity contribution in [2.45, 2.75) is 13.8 Å². The number of benzene rings is 1. The van der Waals surface area contributed by atoms with Crippen LogP contribution in [0.25, 0.3) is 0 Å². The van der Waals surface area contributed by atoms with Gasteiger partial charge in [-0.2, -0.15) is 0 Å². The number of halogens is 1. The fourth-order valence-electron chi connectivity index (χ4n) is 1.89. The van der Waals surface area contributed by atoms with Crippen molar-refractivity contribution in [1.29, 1.82) is 0 Å². The maximum Gasteiger partial charge on any atom is 0.278 e. The quantitative estimate of drug-likeness (QED) is 0.846. The molecule has 4 nitrogen and oxygen atoms in total. The summed E-state index contributed by atoms with van der Waals surface area (Å²) in [5, 5.41) is 7.75. The highest BCUT2D eigenvalue weighted by atomic mass is 35.5. The van der Waals surface area contributed by atoms with Crippen molar-refractivity contribution < 1.29 is 4.79 Å². The van der Waals surface area contributed by atoms with Gasteiger partial charge in [0.05, 0.1) is 0 Å². The predicted octanol–water partition coefficient (Wildman–Crippen LogP) is 3.02. The Morgan fingerprint density at radius 1 is 1.16 bits per heavy atom. The minimum absolute atomic E-state index is 0.212. The minimum atomic E-state index is -0.212. The van der Waals surface area contributed by atoms with Gasteiger partial charge in [0.2, 0.25) is 0 Å². The number of rotatable bonds is 2. The van der Waals surface area contributed by atoms with Gasteiger partial charge in [0.15, 0.2) is 10.8 Å².